The molecule has 0 spiro atoms. The molecule has 18 nitrogen and oxygen atoms in total. The molecule has 18 heteroatoms. The number of imide groups is 2. The Morgan fingerprint density at radius 1 is 0.583 bits per heavy atom. The minimum atomic E-state index is -1.10. The van der Waals surface area contributed by atoms with E-state index in [-0.39, 0.29) is 26.2 Å². The number of alkyl carbamates (subject to hydrolysis) is 2. The van der Waals surface area contributed by atoms with E-state index in [4.69, 9.17) is 18.9 Å². The third-order valence-corrected chi connectivity index (χ3v) is 7.25. The summed E-state index contributed by atoms with van der Waals surface area (Å²) in [7, 11) is 0. The quantitative estimate of drug-likeness (QED) is 0.166. The van der Waals surface area contributed by atoms with Crippen LogP contribution in [0.5, 0.6) is 0 Å². The van der Waals surface area contributed by atoms with Crippen molar-refractivity contribution in [3.8, 4) is 0 Å². The molecule has 0 bridgehead atoms. The van der Waals surface area contributed by atoms with Gasteiger partial charge in [0.2, 0.25) is 23.6 Å². The Hall–Kier alpha value is -4.32. The number of nitrogens with one attached hydrogen (secondary N) is 2. The summed E-state index contributed by atoms with van der Waals surface area (Å²) in [6.45, 7) is 14.1. The molecule has 4 atom stereocenters. The van der Waals surface area contributed by atoms with Gasteiger partial charge >= 0.3 is 24.1 Å². The molecule has 0 aromatic heterocycles. The van der Waals surface area contributed by atoms with Crippen molar-refractivity contribution in [3.63, 3.8) is 0 Å². The molecular formula is C30H48N6O12. The Labute approximate surface area is 279 Å². The van der Waals surface area contributed by atoms with Gasteiger partial charge in [-0.25, -0.2) is 29.0 Å². The van der Waals surface area contributed by atoms with Crippen LogP contribution in [0.15, 0.2) is 0 Å². The zero-order valence-corrected chi connectivity index (χ0v) is 29.2. The number of ether oxygens (including phenoxy) is 4. The maximum absolute atomic E-state index is 12.9. The van der Waals surface area contributed by atoms with Crippen molar-refractivity contribution in [3.05, 3.63) is 0 Å². The summed E-state index contributed by atoms with van der Waals surface area (Å²) < 4.78 is 20.3. The van der Waals surface area contributed by atoms with E-state index in [0.29, 0.717) is 0 Å². The van der Waals surface area contributed by atoms with Crippen molar-refractivity contribution in [1.29, 1.82) is 0 Å². The molecule has 0 saturated carbocycles. The maximum Gasteiger partial charge on any atom is 0.408 e. The molecule has 4 unspecified atom stereocenters. The van der Waals surface area contributed by atoms with Crippen molar-refractivity contribution in [2.24, 2.45) is 0 Å². The van der Waals surface area contributed by atoms with Crippen molar-refractivity contribution in [1.82, 2.24) is 30.2 Å². The molecule has 0 aromatic rings. The molecule has 2 saturated heterocycles. The predicted molar refractivity (Wildman–Crippen MR) is 165 cm³/mol. The van der Waals surface area contributed by atoms with Crippen LogP contribution >= 0.6 is 0 Å². The summed E-state index contributed by atoms with van der Waals surface area (Å²) in [5.41, 5.74) is -1.55. The molecule has 270 valence electrons. The first-order valence-corrected chi connectivity index (χ1v) is 15.5. The van der Waals surface area contributed by atoms with Gasteiger partial charge in [0.15, 0.2) is 13.5 Å². The zero-order valence-electron chi connectivity index (χ0n) is 29.2. The molecule has 2 aliphatic heterocycles. The van der Waals surface area contributed by atoms with Gasteiger partial charge in [0.05, 0.1) is 26.2 Å². The lowest BCUT2D eigenvalue weighted by atomic mass is 10.1. The van der Waals surface area contributed by atoms with Crippen LogP contribution in [0.2, 0.25) is 0 Å². The van der Waals surface area contributed by atoms with Crippen LogP contribution in [-0.4, -0.2) is 142 Å². The molecule has 2 fully saturated rings. The number of amides is 6. The molecule has 2 aliphatic rings. The summed E-state index contributed by atoms with van der Waals surface area (Å²) in [6, 6.07) is -3.14. The zero-order chi connectivity index (χ0) is 36.7. The lowest BCUT2D eigenvalue weighted by molar-refractivity contribution is -0.169. The highest BCUT2D eigenvalue weighted by atomic mass is 16.6. The van der Waals surface area contributed by atoms with E-state index in [2.05, 4.69) is 10.6 Å². The van der Waals surface area contributed by atoms with Gasteiger partial charge < -0.3 is 29.6 Å². The van der Waals surface area contributed by atoms with Crippen LogP contribution < -0.4 is 10.6 Å². The second-order valence-corrected chi connectivity index (χ2v) is 13.6. The lowest BCUT2D eigenvalue weighted by Crippen LogP contribution is -2.63. The Kier molecular flexibility index (Phi) is 13.4. The van der Waals surface area contributed by atoms with E-state index in [1.807, 2.05) is 0 Å². The van der Waals surface area contributed by atoms with Gasteiger partial charge in [-0.3, -0.25) is 29.0 Å². The van der Waals surface area contributed by atoms with Gasteiger partial charge in [0.25, 0.3) is 0 Å². The van der Waals surface area contributed by atoms with Crippen LogP contribution in [0.1, 0.15) is 69.2 Å². The second kappa shape index (κ2) is 16.2. The molecule has 0 aliphatic carbocycles. The van der Waals surface area contributed by atoms with Crippen molar-refractivity contribution < 1.29 is 57.3 Å². The van der Waals surface area contributed by atoms with E-state index in [1.54, 1.807) is 65.2 Å². The highest BCUT2D eigenvalue weighted by Crippen LogP contribution is 2.18. The third-order valence-electron chi connectivity index (χ3n) is 7.25. The SMILES string of the molecule is CC(NC(=O)OC(C)(C)C)C(=O)OCN1C(=O)CN(C(C)C(C)N2CC(=O)N(COC(=O)C(C)NC(=O)OC(C)(C)C)C(=O)C2)CC1=O. The molecule has 2 N–H and O–H groups in total. The molecule has 2 heterocycles. The van der Waals surface area contributed by atoms with E-state index < -0.39 is 96.6 Å². The van der Waals surface area contributed by atoms with Crippen molar-refractivity contribution >= 4 is 47.8 Å². The molecule has 6 amide bonds. The summed E-state index contributed by atoms with van der Waals surface area (Å²) >= 11 is 0. The van der Waals surface area contributed by atoms with E-state index in [1.165, 1.54) is 13.8 Å². The molecule has 0 aromatic carbocycles. The van der Waals surface area contributed by atoms with Crippen molar-refractivity contribution in [2.45, 2.75) is 105 Å². The monoisotopic (exact) mass is 684 g/mol. The van der Waals surface area contributed by atoms with Crippen LogP contribution in [0.25, 0.3) is 0 Å². The number of carbonyl (C=O) groups excluding carboxylic acids is 8. The first kappa shape index (κ1) is 39.9. The summed E-state index contributed by atoms with van der Waals surface area (Å²) in [5.74, 6) is -4.25. The number of hydrogen-bond donors (Lipinski definition) is 2. The number of carbonyl (C=O) groups is 8. The average molecular weight is 685 g/mol. The summed E-state index contributed by atoms with van der Waals surface area (Å²) in [6.07, 6.45) is -1.66. The largest absolute Gasteiger partial charge is 0.444 e. The van der Waals surface area contributed by atoms with Gasteiger partial charge in [-0.15, -0.1) is 0 Å². The number of nitrogens with zero attached hydrogens (tertiary/aromatic N) is 4. The summed E-state index contributed by atoms with van der Waals surface area (Å²) in [5, 5.41) is 4.64. The molecule has 0 radical (unpaired) electrons. The number of esters is 2. The Balaban J connectivity index is 1.86. The van der Waals surface area contributed by atoms with Crippen molar-refractivity contribution in [2.75, 3.05) is 39.6 Å². The van der Waals surface area contributed by atoms with Crippen LogP contribution in [0.3, 0.4) is 0 Å². The summed E-state index contributed by atoms with van der Waals surface area (Å²) in [4.78, 5) is 105. The van der Waals surface area contributed by atoms with E-state index in [9.17, 15) is 38.4 Å². The highest BCUT2D eigenvalue weighted by Gasteiger charge is 2.40. The molecular weight excluding hydrogens is 636 g/mol. The fourth-order valence-corrected chi connectivity index (χ4v) is 4.49. The number of rotatable bonds is 11. The third kappa shape index (κ3) is 12.0. The van der Waals surface area contributed by atoms with Gasteiger partial charge in [-0.05, 0) is 69.2 Å². The normalized spacial score (nSPS) is 19.2. The van der Waals surface area contributed by atoms with Crippen LogP contribution in [0.4, 0.5) is 9.59 Å². The first-order valence-electron chi connectivity index (χ1n) is 15.5. The number of hydrogen-bond acceptors (Lipinski definition) is 14. The fourth-order valence-electron chi connectivity index (χ4n) is 4.49. The maximum atomic E-state index is 12.9. The first-order chi connectivity index (χ1) is 22.0. The fraction of sp³-hybridized carbons (Fsp3) is 0.733. The van der Waals surface area contributed by atoms with Gasteiger partial charge in [0, 0.05) is 12.1 Å². The average Bonchev–Trinajstić information content (AvgIpc) is 2.92. The Morgan fingerprint density at radius 3 is 1.10 bits per heavy atom. The van der Waals surface area contributed by atoms with E-state index in [0.717, 1.165) is 9.80 Å². The van der Waals surface area contributed by atoms with Gasteiger partial charge in [-0.2, -0.15) is 0 Å². The lowest BCUT2D eigenvalue weighted by Gasteiger charge is -2.43. The number of piperazine rings is 2. The standard InChI is InChI=1S/C30H48N6O12/c1-17(31-27(43)47-29(5,6)7)25(41)45-15-35-21(37)11-33(12-22(35)38)19(3)20(4)34-13-23(39)36(24(40)14-34)16-46-26(42)18(2)32-28(44)48-30(8,9)10/h17-20H,11-16H2,1-10H3,(H,31,43)(H,32,44). The van der Waals surface area contributed by atoms with Gasteiger partial charge in [0.1, 0.15) is 23.3 Å². The smallest absolute Gasteiger partial charge is 0.408 e. The molecule has 2 rings (SSSR count). The minimum absolute atomic E-state index is 0.201. The van der Waals surface area contributed by atoms with Crippen LogP contribution in [0, 0.1) is 0 Å². The second-order valence-electron chi connectivity index (χ2n) is 13.6. The molecule has 48 heavy (non-hydrogen) atoms. The predicted octanol–water partition coefficient (Wildman–Crippen LogP) is -0.0672. The van der Waals surface area contributed by atoms with Gasteiger partial charge in [-0.1, -0.05) is 0 Å². The Morgan fingerprint density at radius 2 is 0.854 bits per heavy atom. The topological polar surface area (TPSA) is 210 Å². The minimum Gasteiger partial charge on any atom is -0.444 e. The highest BCUT2D eigenvalue weighted by molar-refractivity contribution is 6.00. The Bertz CT molecular complexity index is 1140. The van der Waals surface area contributed by atoms with E-state index >= 15 is 0 Å². The van der Waals surface area contributed by atoms with Crippen LogP contribution in [-0.2, 0) is 47.7 Å².